The number of ether oxygens (including phenoxy) is 1. The highest BCUT2D eigenvalue weighted by Crippen LogP contribution is 2.06. The highest BCUT2D eigenvalue weighted by molar-refractivity contribution is 4.73. The molecule has 1 rings (SSSR count). The number of nitrogens with zero attached hydrogens (tertiary/aromatic N) is 2. The summed E-state index contributed by atoms with van der Waals surface area (Å²) in [4.78, 5) is 4.84. The predicted molar refractivity (Wildman–Crippen MR) is 67.9 cm³/mol. The molecule has 0 aromatic rings. The minimum atomic E-state index is 0.397. The molecule has 16 heavy (non-hydrogen) atoms. The maximum Gasteiger partial charge on any atom is 0.0829 e. The summed E-state index contributed by atoms with van der Waals surface area (Å²) in [5, 5.41) is 3.18. The Balaban J connectivity index is 2.14. The summed E-state index contributed by atoms with van der Waals surface area (Å²) in [6, 6.07) is 0. The van der Waals surface area contributed by atoms with Crippen molar-refractivity contribution in [2.75, 3.05) is 60.0 Å². The molecule has 96 valence electrons. The molecule has 0 aromatic heterocycles. The van der Waals surface area contributed by atoms with Gasteiger partial charge in [-0.15, -0.1) is 0 Å². The van der Waals surface area contributed by atoms with Gasteiger partial charge < -0.3 is 15.0 Å². The van der Waals surface area contributed by atoms with Gasteiger partial charge >= 0.3 is 0 Å². The molecule has 1 aliphatic heterocycles. The first-order valence-corrected chi connectivity index (χ1v) is 6.43. The Kier molecular flexibility index (Phi) is 6.96. The average molecular weight is 229 g/mol. The number of morpholine rings is 1. The number of hydrogen-bond acceptors (Lipinski definition) is 4. The average Bonchev–Trinajstić information content (AvgIpc) is 2.29. The van der Waals surface area contributed by atoms with Gasteiger partial charge in [-0.2, -0.15) is 0 Å². The largest absolute Gasteiger partial charge is 0.374 e. The van der Waals surface area contributed by atoms with E-state index in [1.54, 1.807) is 0 Å². The molecule has 0 spiro atoms. The molecule has 0 aromatic carbocycles. The van der Waals surface area contributed by atoms with Crippen molar-refractivity contribution in [3.63, 3.8) is 0 Å². The van der Waals surface area contributed by atoms with Crippen molar-refractivity contribution in [1.82, 2.24) is 15.1 Å². The summed E-state index contributed by atoms with van der Waals surface area (Å²) < 4.78 is 5.79. The third-order valence-corrected chi connectivity index (χ3v) is 3.15. The first-order chi connectivity index (χ1) is 7.76. The van der Waals surface area contributed by atoms with Crippen LogP contribution in [0.4, 0.5) is 0 Å². The van der Waals surface area contributed by atoms with Crippen LogP contribution in [-0.4, -0.2) is 75.9 Å². The van der Waals surface area contributed by atoms with Crippen molar-refractivity contribution in [2.24, 2.45) is 0 Å². The first-order valence-electron chi connectivity index (χ1n) is 6.43. The molecule has 1 aliphatic rings. The summed E-state index contributed by atoms with van der Waals surface area (Å²) in [7, 11) is 4.19. The van der Waals surface area contributed by atoms with E-state index in [4.69, 9.17) is 4.74 Å². The summed E-state index contributed by atoms with van der Waals surface area (Å²) in [6.07, 6.45) is 1.60. The molecule has 0 amide bonds. The zero-order valence-electron chi connectivity index (χ0n) is 11.0. The Morgan fingerprint density at radius 2 is 2.31 bits per heavy atom. The van der Waals surface area contributed by atoms with Crippen LogP contribution >= 0.6 is 0 Å². The molecule has 1 atom stereocenters. The molecular formula is C12H27N3O. The minimum Gasteiger partial charge on any atom is -0.374 e. The molecule has 0 radical (unpaired) electrons. The number of hydrogen-bond donors (Lipinski definition) is 1. The molecule has 1 saturated heterocycles. The lowest BCUT2D eigenvalue weighted by Gasteiger charge is -2.34. The topological polar surface area (TPSA) is 27.7 Å². The van der Waals surface area contributed by atoms with Crippen LogP contribution in [0.1, 0.15) is 13.3 Å². The van der Waals surface area contributed by atoms with E-state index in [1.807, 2.05) is 7.05 Å². The first kappa shape index (κ1) is 13.9. The Bertz CT molecular complexity index is 178. The number of nitrogens with one attached hydrogen (secondary N) is 1. The zero-order valence-corrected chi connectivity index (χ0v) is 11.0. The maximum atomic E-state index is 5.79. The fourth-order valence-electron chi connectivity index (χ4n) is 2.14. The summed E-state index contributed by atoms with van der Waals surface area (Å²) in [6.45, 7) is 9.73. The van der Waals surface area contributed by atoms with Crippen molar-refractivity contribution in [3.8, 4) is 0 Å². The van der Waals surface area contributed by atoms with E-state index in [-0.39, 0.29) is 0 Å². The van der Waals surface area contributed by atoms with Crippen LogP contribution in [0.2, 0.25) is 0 Å². The molecule has 1 heterocycles. The minimum absolute atomic E-state index is 0.397. The van der Waals surface area contributed by atoms with Gasteiger partial charge in [-0.05, 0) is 40.2 Å². The monoisotopic (exact) mass is 229 g/mol. The normalized spacial score (nSPS) is 22.9. The van der Waals surface area contributed by atoms with E-state index in [9.17, 15) is 0 Å². The molecule has 1 unspecified atom stereocenters. The molecule has 0 aliphatic carbocycles. The lowest BCUT2D eigenvalue weighted by atomic mass is 10.2. The molecule has 1 N–H and O–H groups in total. The highest BCUT2D eigenvalue weighted by Gasteiger charge is 2.20. The predicted octanol–water partition coefficient (Wildman–Crippen LogP) is 0.248. The Hall–Kier alpha value is -0.160. The Morgan fingerprint density at radius 1 is 1.50 bits per heavy atom. The van der Waals surface area contributed by atoms with Crippen molar-refractivity contribution < 1.29 is 4.74 Å². The summed E-state index contributed by atoms with van der Waals surface area (Å²) >= 11 is 0. The van der Waals surface area contributed by atoms with Gasteiger partial charge in [0, 0.05) is 19.6 Å². The lowest BCUT2D eigenvalue weighted by molar-refractivity contribution is -0.0389. The van der Waals surface area contributed by atoms with Gasteiger partial charge in [-0.1, -0.05) is 6.92 Å². The van der Waals surface area contributed by atoms with Crippen molar-refractivity contribution in [1.29, 1.82) is 0 Å². The molecule has 1 fully saturated rings. The molecule has 0 bridgehead atoms. The Labute approximate surface area is 99.9 Å². The van der Waals surface area contributed by atoms with Crippen LogP contribution in [-0.2, 0) is 4.74 Å². The fraction of sp³-hybridized carbons (Fsp3) is 1.00. The van der Waals surface area contributed by atoms with Gasteiger partial charge in [0.2, 0.25) is 0 Å². The van der Waals surface area contributed by atoms with Gasteiger partial charge in [0.1, 0.15) is 0 Å². The van der Waals surface area contributed by atoms with E-state index in [0.717, 1.165) is 45.9 Å². The van der Waals surface area contributed by atoms with Crippen LogP contribution in [0, 0.1) is 0 Å². The van der Waals surface area contributed by atoms with Crippen molar-refractivity contribution >= 4 is 0 Å². The second-order valence-corrected chi connectivity index (χ2v) is 4.61. The number of rotatable bonds is 7. The zero-order chi connectivity index (χ0) is 11.8. The SMILES string of the molecule is CCN1CCOC(CN(C)CCCNC)C1. The molecular weight excluding hydrogens is 202 g/mol. The molecule has 0 saturated carbocycles. The lowest BCUT2D eigenvalue weighted by Crippen LogP contribution is -2.47. The highest BCUT2D eigenvalue weighted by atomic mass is 16.5. The van der Waals surface area contributed by atoms with Crippen molar-refractivity contribution in [2.45, 2.75) is 19.4 Å². The third kappa shape index (κ3) is 5.25. The van der Waals surface area contributed by atoms with Gasteiger partial charge in [-0.3, -0.25) is 4.90 Å². The number of likely N-dealkylation sites (N-methyl/N-ethyl adjacent to an activating group) is 2. The van der Waals surface area contributed by atoms with Gasteiger partial charge in [0.15, 0.2) is 0 Å². The van der Waals surface area contributed by atoms with E-state index < -0.39 is 0 Å². The molecule has 4 nitrogen and oxygen atoms in total. The van der Waals surface area contributed by atoms with Crippen LogP contribution in [0.5, 0.6) is 0 Å². The van der Waals surface area contributed by atoms with E-state index >= 15 is 0 Å². The van der Waals surface area contributed by atoms with Gasteiger partial charge in [-0.25, -0.2) is 0 Å². The van der Waals surface area contributed by atoms with Gasteiger partial charge in [0.05, 0.1) is 12.7 Å². The van der Waals surface area contributed by atoms with E-state index in [1.165, 1.54) is 6.42 Å². The van der Waals surface area contributed by atoms with E-state index in [0.29, 0.717) is 6.10 Å². The molecule has 4 heteroatoms. The quantitative estimate of drug-likeness (QED) is 0.633. The van der Waals surface area contributed by atoms with Gasteiger partial charge in [0.25, 0.3) is 0 Å². The maximum absolute atomic E-state index is 5.79. The van der Waals surface area contributed by atoms with E-state index in [2.05, 4.69) is 29.1 Å². The van der Waals surface area contributed by atoms with Crippen LogP contribution in [0.3, 0.4) is 0 Å². The Morgan fingerprint density at radius 3 is 3.00 bits per heavy atom. The smallest absolute Gasteiger partial charge is 0.0829 e. The second kappa shape index (κ2) is 8.01. The summed E-state index contributed by atoms with van der Waals surface area (Å²) in [5.74, 6) is 0. The third-order valence-electron chi connectivity index (χ3n) is 3.15. The fourth-order valence-corrected chi connectivity index (χ4v) is 2.14. The second-order valence-electron chi connectivity index (χ2n) is 4.61. The van der Waals surface area contributed by atoms with Crippen molar-refractivity contribution in [3.05, 3.63) is 0 Å². The van der Waals surface area contributed by atoms with Crippen LogP contribution in [0.15, 0.2) is 0 Å². The van der Waals surface area contributed by atoms with Crippen LogP contribution < -0.4 is 5.32 Å². The summed E-state index contributed by atoms with van der Waals surface area (Å²) in [5.41, 5.74) is 0. The van der Waals surface area contributed by atoms with Crippen LogP contribution in [0.25, 0.3) is 0 Å². The standard InChI is InChI=1S/C12H27N3O/c1-4-15-8-9-16-12(11-15)10-14(3)7-5-6-13-2/h12-13H,4-11H2,1-3H3.